The number of ether oxygens (including phenoxy) is 3. The lowest BCUT2D eigenvalue weighted by Gasteiger charge is -2.09. The van der Waals surface area contributed by atoms with Gasteiger partial charge in [-0.2, -0.15) is 0 Å². The van der Waals surface area contributed by atoms with E-state index in [2.05, 4.69) is 5.32 Å². The lowest BCUT2D eigenvalue weighted by atomic mass is 10.1. The zero-order valence-corrected chi connectivity index (χ0v) is 17.0. The summed E-state index contributed by atoms with van der Waals surface area (Å²) in [5, 5.41) is 2.27. The zero-order chi connectivity index (χ0) is 22.4. The Labute approximate surface area is 172 Å². The van der Waals surface area contributed by atoms with Crippen LogP contribution in [0.15, 0.2) is 22.6 Å². The standard InChI is InChI=1S/C20H22N2O8/c1-5-28-20(26)15-11(3)30-18(16(15)17(21)24)22-14(23)9-29-19(25)12-8-10(2)6-7-13(12)27-4/h6-8H,5,9H2,1-4H3,(H2,21,24)(H,22,23). The summed E-state index contributed by atoms with van der Waals surface area (Å²) in [5.74, 6) is -3.39. The van der Waals surface area contributed by atoms with E-state index in [0.717, 1.165) is 5.56 Å². The summed E-state index contributed by atoms with van der Waals surface area (Å²) in [4.78, 5) is 48.4. The van der Waals surface area contributed by atoms with E-state index in [0.29, 0.717) is 5.75 Å². The minimum atomic E-state index is -0.994. The first-order valence-corrected chi connectivity index (χ1v) is 8.91. The molecular formula is C20H22N2O8. The number of nitrogens with two attached hydrogens (primary N) is 1. The number of primary amides is 1. The minimum absolute atomic E-state index is 0.0408. The normalized spacial score (nSPS) is 10.3. The quantitative estimate of drug-likeness (QED) is 0.619. The maximum absolute atomic E-state index is 12.3. The van der Waals surface area contributed by atoms with E-state index >= 15 is 0 Å². The molecule has 0 atom stereocenters. The van der Waals surface area contributed by atoms with Crippen LogP contribution in [0.25, 0.3) is 0 Å². The van der Waals surface area contributed by atoms with Gasteiger partial charge in [0.25, 0.3) is 11.8 Å². The van der Waals surface area contributed by atoms with Gasteiger partial charge in [0.2, 0.25) is 5.88 Å². The van der Waals surface area contributed by atoms with E-state index in [-0.39, 0.29) is 34.9 Å². The van der Waals surface area contributed by atoms with Gasteiger partial charge >= 0.3 is 11.9 Å². The molecule has 3 N–H and O–H groups in total. The summed E-state index contributed by atoms with van der Waals surface area (Å²) in [6.45, 7) is 4.19. The van der Waals surface area contributed by atoms with E-state index in [1.165, 1.54) is 14.0 Å². The first-order chi connectivity index (χ1) is 14.2. The highest BCUT2D eigenvalue weighted by molar-refractivity contribution is 6.10. The molecule has 10 nitrogen and oxygen atoms in total. The van der Waals surface area contributed by atoms with Crippen LogP contribution in [0.3, 0.4) is 0 Å². The molecule has 10 heteroatoms. The summed E-state index contributed by atoms with van der Waals surface area (Å²) < 4.78 is 20.3. The number of furan rings is 1. The fraction of sp³-hybridized carbons (Fsp3) is 0.300. The molecule has 1 aromatic carbocycles. The number of amides is 2. The number of methoxy groups -OCH3 is 1. The van der Waals surface area contributed by atoms with E-state index < -0.39 is 30.4 Å². The SMILES string of the molecule is CCOC(=O)c1c(C)oc(NC(=O)COC(=O)c2cc(C)ccc2OC)c1C(N)=O. The number of hydrogen-bond donors (Lipinski definition) is 2. The first-order valence-electron chi connectivity index (χ1n) is 8.91. The molecule has 1 aromatic heterocycles. The summed E-state index contributed by atoms with van der Waals surface area (Å²) in [6.07, 6.45) is 0. The molecule has 0 radical (unpaired) electrons. The Hall–Kier alpha value is -3.82. The van der Waals surface area contributed by atoms with Gasteiger partial charge in [0, 0.05) is 0 Å². The van der Waals surface area contributed by atoms with Crippen LogP contribution in [0.5, 0.6) is 5.75 Å². The van der Waals surface area contributed by atoms with Gasteiger partial charge in [-0.15, -0.1) is 0 Å². The van der Waals surface area contributed by atoms with Crippen molar-refractivity contribution in [1.29, 1.82) is 0 Å². The summed E-state index contributed by atoms with van der Waals surface area (Å²) in [6, 6.07) is 4.92. The molecule has 0 fully saturated rings. The van der Waals surface area contributed by atoms with Crippen molar-refractivity contribution >= 4 is 29.6 Å². The van der Waals surface area contributed by atoms with Crippen molar-refractivity contribution in [3.8, 4) is 5.75 Å². The highest BCUT2D eigenvalue weighted by Crippen LogP contribution is 2.27. The average molecular weight is 418 g/mol. The second-order valence-electron chi connectivity index (χ2n) is 6.15. The molecule has 0 spiro atoms. The van der Waals surface area contributed by atoms with Crippen molar-refractivity contribution in [2.45, 2.75) is 20.8 Å². The van der Waals surface area contributed by atoms with Gasteiger partial charge in [0.05, 0.1) is 13.7 Å². The Morgan fingerprint density at radius 3 is 2.37 bits per heavy atom. The van der Waals surface area contributed by atoms with Gasteiger partial charge < -0.3 is 24.4 Å². The number of benzene rings is 1. The van der Waals surface area contributed by atoms with Crippen LogP contribution in [-0.4, -0.2) is 44.1 Å². The predicted molar refractivity (Wildman–Crippen MR) is 105 cm³/mol. The van der Waals surface area contributed by atoms with Gasteiger partial charge in [-0.1, -0.05) is 11.6 Å². The summed E-state index contributed by atoms with van der Waals surface area (Å²) >= 11 is 0. The third kappa shape index (κ3) is 4.96. The lowest BCUT2D eigenvalue weighted by molar-refractivity contribution is -0.119. The molecule has 1 heterocycles. The van der Waals surface area contributed by atoms with Gasteiger partial charge in [0.1, 0.15) is 28.2 Å². The van der Waals surface area contributed by atoms with Crippen LogP contribution in [-0.2, 0) is 14.3 Å². The van der Waals surface area contributed by atoms with Crippen molar-refractivity contribution in [3.05, 3.63) is 46.2 Å². The molecule has 0 saturated heterocycles. The van der Waals surface area contributed by atoms with Gasteiger partial charge in [-0.3, -0.25) is 14.9 Å². The van der Waals surface area contributed by atoms with Crippen LogP contribution >= 0.6 is 0 Å². The Bertz CT molecular complexity index is 993. The summed E-state index contributed by atoms with van der Waals surface area (Å²) in [7, 11) is 1.40. The second kappa shape index (κ2) is 9.59. The van der Waals surface area contributed by atoms with Gasteiger partial charge in [-0.05, 0) is 32.9 Å². The molecule has 2 rings (SSSR count). The molecule has 0 saturated carbocycles. The Morgan fingerprint density at radius 2 is 1.77 bits per heavy atom. The van der Waals surface area contributed by atoms with E-state index in [9.17, 15) is 19.2 Å². The first kappa shape index (κ1) is 22.5. The Kier molecular flexibility index (Phi) is 7.18. The lowest BCUT2D eigenvalue weighted by Crippen LogP contribution is -2.23. The van der Waals surface area contributed by atoms with Crippen LogP contribution in [0.2, 0.25) is 0 Å². The maximum Gasteiger partial charge on any atom is 0.342 e. The Balaban J connectivity index is 2.14. The highest BCUT2D eigenvalue weighted by Gasteiger charge is 2.29. The molecule has 2 aromatic rings. The number of rotatable bonds is 8. The molecule has 0 aliphatic heterocycles. The van der Waals surface area contributed by atoms with E-state index in [1.54, 1.807) is 32.0 Å². The van der Waals surface area contributed by atoms with Gasteiger partial charge in [0.15, 0.2) is 6.61 Å². The molecule has 30 heavy (non-hydrogen) atoms. The number of hydrogen-bond acceptors (Lipinski definition) is 8. The average Bonchev–Trinajstić information content (AvgIpc) is 3.02. The number of anilines is 1. The minimum Gasteiger partial charge on any atom is -0.496 e. The largest absolute Gasteiger partial charge is 0.496 e. The number of carbonyl (C=O) groups excluding carboxylic acids is 4. The Morgan fingerprint density at radius 1 is 1.07 bits per heavy atom. The molecule has 0 unspecified atom stereocenters. The third-order valence-corrected chi connectivity index (χ3v) is 3.97. The summed E-state index contributed by atoms with van der Waals surface area (Å²) in [5.41, 5.74) is 5.77. The number of esters is 2. The fourth-order valence-electron chi connectivity index (χ4n) is 2.67. The fourth-order valence-corrected chi connectivity index (χ4v) is 2.67. The second-order valence-corrected chi connectivity index (χ2v) is 6.15. The monoisotopic (exact) mass is 418 g/mol. The molecule has 0 aliphatic carbocycles. The van der Waals surface area contributed by atoms with E-state index in [4.69, 9.17) is 24.4 Å². The predicted octanol–water partition coefficient (Wildman–Crippen LogP) is 1.98. The highest BCUT2D eigenvalue weighted by atomic mass is 16.5. The van der Waals surface area contributed by atoms with Crippen LogP contribution < -0.4 is 15.8 Å². The zero-order valence-electron chi connectivity index (χ0n) is 17.0. The van der Waals surface area contributed by atoms with Crippen LogP contribution in [0.4, 0.5) is 5.88 Å². The van der Waals surface area contributed by atoms with Crippen LogP contribution in [0.1, 0.15) is 49.3 Å². The maximum atomic E-state index is 12.3. The van der Waals surface area contributed by atoms with Crippen molar-refractivity contribution in [2.75, 3.05) is 25.6 Å². The van der Waals surface area contributed by atoms with Crippen molar-refractivity contribution in [1.82, 2.24) is 0 Å². The molecule has 0 bridgehead atoms. The molecule has 160 valence electrons. The van der Waals surface area contributed by atoms with Crippen molar-refractivity contribution in [3.63, 3.8) is 0 Å². The molecular weight excluding hydrogens is 396 g/mol. The van der Waals surface area contributed by atoms with Crippen LogP contribution in [0, 0.1) is 13.8 Å². The third-order valence-electron chi connectivity index (χ3n) is 3.97. The molecule has 0 aliphatic rings. The number of nitrogens with one attached hydrogen (secondary N) is 1. The van der Waals surface area contributed by atoms with E-state index in [1.807, 2.05) is 0 Å². The smallest absolute Gasteiger partial charge is 0.342 e. The molecule has 2 amide bonds. The van der Waals surface area contributed by atoms with Crippen molar-refractivity contribution < 1.29 is 37.8 Å². The van der Waals surface area contributed by atoms with Crippen molar-refractivity contribution in [2.24, 2.45) is 5.73 Å². The number of carbonyl (C=O) groups is 4. The number of aryl methyl sites for hydroxylation is 2. The topological polar surface area (TPSA) is 147 Å². The van der Waals surface area contributed by atoms with Gasteiger partial charge in [-0.25, -0.2) is 9.59 Å².